The Labute approximate surface area is 134 Å². The third-order valence-electron chi connectivity index (χ3n) is 3.25. The van der Waals surface area contributed by atoms with Crippen molar-refractivity contribution < 1.29 is 0 Å². The molecular weight excluding hydrogens is 313 g/mol. The van der Waals surface area contributed by atoms with E-state index in [-0.39, 0.29) is 6.04 Å². The van der Waals surface area contributed by atoms with Gasteiger partial charge in [-0.05, 0) is 42.7 Å². The minimum absolute atomic E-state index is 0.0457. The van der Waals surface area contributed by atoms with Crippen molar-refractivity contribution in [2.75, 3.05) is 5.32 Å². The maximum absolute atomic E-state index is 6.26. The van der Waals surface area contributed by atoms with Gasteiger partial charge in [-0.1, -0.05) is 59.9 Å². The van der Waals surface area contributed by atoms with Gasteiger partial charge in [0.1, 0.15) is 0 Å². The molecule has 0 aliphatic heterocycles. The third-order valence-corrected chi connectivity index (χ3v) is 4.56. The summed E-state index contributed by atoms with van der Waals surface area (Å²) in [4.78, 5) is 0. The molecule has 0 aromatic heterocycles. The Morgan fingerprint density at radius 3 is 2.50 bits per heavy atom. The van der Waals surface area contributed by atoms with Crippen LogP contribution in [-0.4, -0.2) is 0 Å². The molecule has 0 aliphatic rings. The van der Waals surface area contributed by atoms with Gasteiger partial charge in [-0.15, -0.1) is 0 Å². The Hall–Kier alpha value is -0.890. The molecule has 0 fully saturated rings. The molecule has 1 unspecified atom stereocenters. The number of benzene rings is 2. The van der Waals surface area contributed by atoms with Gasteiger partial charge in [0, 0.05) is 5.69 Å². The summed E-state index contributed by atoms with van der Waals surface area (Å²) >= 11 is 18.3. The van der Waals surface area contributed by atoms with E-state index in [2.05, 4.69) is 24.4 Å². The minimum Gasteiger partial charge on any atom is -0.378 e. The molecule has 0 spiro atoms. The molecule has 106 valence electrons. The van der Waals surface area contributed by atoms with E-state index in [1.807, 2.05) is 25.1 Å². The van der Waals surface area contributed by atoms with Gasteiger partial charge >= 0.3 is 0 Å². The lowest BCUT2D eigenvalue weighted by molar-refractivity contribution is 0.884. The summed E-state index contributed by atoms with van der Waals surface area (Å²) < 4.78 is 0. The zero-order valence-electron chi connectivity index (χ0n) is 11.4. The van der Waals surface area contributed by atoms with E-state index in [4.69, 9.17) is 34.8 Å². The second kappa shape index (κ2) is 6.71. The fraction of sp³-hybridized carbons (Fsp3) is 0.250. The van der Waals surface area contributed by atoms with Crippen molar-refractivity contribution in [1.82, 2.24) is 0 Å². The first kappa shape index (κ1) is 15.5. The van der Waals surface area contributed by atoms with Crippen molar-refractivity contribution in [3.63, 3.8) is 0 Å². The monoisotopic (exact) mass is 327 g/mol. The van der Waals surface area contributed by atoms with E-state index < -0.39 is 0 Å². The third kappa shape index (κ3) is 3.41. The quantitative estimate of drug-likeness (QED) is 0.642. The maximum Gasteiger partial charge on any atom is 0.0782 e. The Kier molecular flexibility index (Phi) is 5.20. The van der Waals surface area contributed by atoms with E-state index in [0.29, 0.717) is 15.1 Å². The van der Waals surface area contributed by atoms with Crippen molar-refractivity contribution in [2.45, 2.75) is 26.3 Å². The predicted molar refractivity (Wildman–Crippen MR) is 89.3 cm³/mol. The molecule has 0 aliphatic carbocycles. The number of halogens is 3. The van der Waals surface area contributed by atoms with Crippen LogP contribution in [0.15, 0.2) is 36.4 Å². The highest BCUT2D eigenvalue weighted by molar-refractivity contribution is 6.48. The van der Waals surface area contributed by atoms with Crippen LogP contribution in [0.2, 0.25) is 15.1 Å². The molecule has 20 heavy (non-hydrogen) atoms. The zero-order chi connectivity index (χ0) is 14.7. The topological polar surface area (TPSA) is 12.0 Å². The number of nitrogens with one attached hydrogen (secondary N) is 1. The van der Waals surface area contributed by atoms with Gasteiger partial charge in [0.15, 0.2) is 0 Å². The van der Waals surface area contributed by atoms with E-state index in [1.165, 1.54) is 5.56 Å². The van der Waals surface area contributed by atoms with Crippen molar-refractivity contribution in [2.24, 2.45) is 0 Å². The van der Waals surface area contributed by atoms with Crippen molar-refractivity contribution in [3.8, 4) is 0 Å². The average Bonchev–Trinajstić information content (AvgIpc) is 2.45. The van der Waals surface area contributed by atoms with Crippen LogP contribution in [0.25, 0.3) is 0 Å². The number of hydrogen-bond donors (Lipinski definition) is 1. The van der Waals surface area contributed by atoms with E-state index in [0.717, 1.165) is 17.7 Å². The second-order valence-electron chi connectivity index (χ2n) is 4.68. The summed E-state index contributed by atoms with van der Waals surface area (Å²) in [5.74, 6) is 0. The molecule has 2 rings (SSSR count). The molecule has 2 aromatic carbocycles. The second-order valence-corrected chi connectivity index (χ2v) is 5.85. The Morgan fingerprint density at radius 2 is 1.80 bits per heavy atom. The Morgan fingerprint density at radius 1 is 1.05 bits per heavy atom. The molecule has 0 bridgehead atoms. The van der Waals surface area contributed by atoms with Crippen LogP contribution >= 0.6 is 34.8 Å². The first-order valence-electron chi connectivity index (χ1n) is 6.51. The molecule has 1 atom stereocenters. The van der Waals surface area contributed by atoms with Crippen LogP contribution in [0.4, 0.5) is 5.69 Å². The summed E-state index contributed by atoms with van der Waals surface area (Å²) in [6, 6.07) is 12.1. The summed E-state index contributed by atoms with van der Waals surface area (Å²) in [5.41, 5.74) is 3.30. The van der Waals surface area contributed by atoms with Crippen LogP contribution in [0.1, 0.15) is 31.0 Å². The fourth-order valence-corrected chi connectivity index (χ4v) is 2.79. The number of aryl methyl sites for hydroxylation is 1. The highest BCUT2D eigenvalue weighted by Crippen LogP contribution is 2.36. The standard InChI is InChI=1S/C16H16Cl3N/c1-3-11-5-4-6-12(9-11)20-10(2)13-7-8-14(17)16(19)15(13)18/h4-10,20H,3H2,1-2H3. The first-order chi connectivity index (χ1) is 9.52. The molecule has 0 amide bonds. The van der Waals surface area contributed by atoms with Crippen LogP contribution < -0.4 is 5.32 Å². The fourth-order valence-electron chi connectivity index (χ4n) is 2.08. The Bertz CT molecular complexity index is 611. The smallest absolute Gasteiger partial charge is 0.0782 e. The van der Waals surface area contributed by atoms with Gasteiger partial charge < -0.3 is 5.32 Å². The normalized spacial score (nSPS) is 12.2. The van der Waals surface area contributed by atoms with E-state index in [9.17, 15) is 0 Å². The molecule has 0 radical (unpaired) electrons. The summed E-state index contributed by atoms with van der Waals surface area (Å²) in [6.45, 7) is 4.18. The molecular formula is C16H16Cl3N. The maximum atomic E-state index is 6.26. The molecule has 1 nitrogen and oxygen atoms in total. The van der Waals surface area contributed by atoms with Crippen molar-refractivity contribution >= 4 is 40.5 Å². The SMILES string of the molecule is CCc1cccc(NC(C)c2ccc(Cl)c(Cl)c2Cl)c1. The number of hydrogen-bond acceptors (Lipinski definition) is 1. The predicted octanol–water partition coefficient (Wildman–Crippen LogP) is 6.38. The van der Waals surface area contributed by atoms with Gasteiger partial charge in [-0.2, -0.15) is 0 Å². The van der Waals surface area contributed by atoms with Crippen LogP contribution in [0, 0.1) is 0 Å². The van der Waals surface area contributed by atoms with Gasteiger partial charge in [-0.25, -0.2) is 0 Å². The molecule has 0 saturated heterocycles. The van der Waals surface area contributed by atoms with Crippen molar-refractivity contribution in [3.05, 3.63) is 62.6 Å². The highest BCUT2D eigenvalue weighted by Gasteiger charge is 2.14. The molecule has 0 saturated carbocycles. The van der Waals surface area contributed by atoms with Gasteiger partial charge in [0.05, 0.1) is 21.1 Å². The van der Waals surface area contributed by atoms with Gasteiger partial charge in [0.2, 0.25) is 0 Å². The van der Waals surface area contributed by atoms with E-state index in [1.54, 1.807) is 6.07 Å². The first-order valence-corrected chi connectivity index (χ1v) is 7.65. The largest absolute Gasteiger partial charge is 0.378 e. The van der Waals surface area contributed by atoms with Gasteiger partial charge in [-0.3, -0.25) is 0 Å². The lowest BCUT2D eigenvalue weighted by Gasteiger charge is -2.18. The Balaban J connectivity index is 2.23. The number of rotatable bonds is 4. The minimum atomic E-state index is 0.0457. The van der Waals surface area contributed by atoms with Crippen molar-refractivity contribution in [1.29, 1.82) is 0 Å². The lowest BCUT2D eigenvalue weighted by atomic mass is 10.1. The summed E-state index contributed by atoms with van der Waals surface area (Å²) in [7, 11) is 0. The van der Waals surface area contributed by atoms with Crippen LogP contribution in [0.5, 0.6) is 0 Å². The van der Waals surface area contributed by atoms with Crippen LogP contribution in [0.3, 0.4) is 0 Å². The van der Waals surface area contributed by atoms with Crippen LogP contribution in [-0.2, 0) is 6.42 Å². The highest BCUT2D eigenvalue weighted by atomic mass is 35.5. The summed E-state index contributed by atoms with van der Waals surface area (Å²) in [6.07, 6.45) is 1.01. The average molecular weight is 329 g/mol. The number of anilines is 1. The molecule has 0 heterocycles. The zero-order valence-corrected chi connectivity index (χ0v) is 13.7. The molecule has 1 N–H and O–H groups in total. The summed E-state index contributed by atoms with van der Waals surface area (Å²) in [5, 5.41) is 4.82. The van der Waals surface area contributed by atoms with E-state index >= 15 is 0 Å². The molecule has 2 aromatic rings. The van der Waals surface area contributed by atoms with Gasteiger partial charge in [0.25, 0.3) is 0 Å². The lowest BCUT2D eigenvalue weighted by Crippen LogP contribution is -2.07. The molecule has 4 heteroatoms.